The minimum Gasteiger partial charge on any atom is -0.481 e. The lowest BCUT2D eigenvalue weighted by molar-refractivity contribution is -0.136. The summed E-state index contributed by atoms with van der Waals surface area (Å²) in [6, 6.07) is 5.73. The summed E-state index contributed by atoms with van der Waals surface area (Å²) in [6.07, 6.45) is 1.45. The number of carbonyl (C=O) groups is 1. The standard InChI is InChI=1S/C12H10N4O3S/c17-12(18)5-8-6-16(15-13-8)7-9-4-10(19-14-9)11-2-1-3-20-11/h1-4,6H,5,7H2,(H,17,18). The zero-order valence-electron chi connectivity index (χ0n) is 10.3. The third-order valence-electron chi connectivity index (χ3n) is 2.57. The number of rotatable bonds is 5. The highest BCUT2D eigenvalue weighted by Crippen LogP contribution is 2.25. The summed E-state index contributed by atoms with van der Waals surface area (Å²) in [5, 5.41) is 22.2. The van der Waals surface area contributed by atoms with Crippen LogP contribution in [0.25, 0.3) is 10.6 Å². The molecule has 3 rings (SSSR count). The molecule has 20 heavy (non-hydrogen) atoms. The van der Waals surface area contributed by atoms with E-state index in [1.165, 1.54) is 4.68 Å². The second-order valence-electron chi connectivity index (χ2n) is 4.14. The molecule has 0 aliphatic heterocycles. The van der Waals surface area contributed by atoms with Gasteiger partial charge < -0.3 is 9.63 Å². The van der Waals surface area contributed by atoms with Gasteiger partial charge >= 0.3 is 5.97 Å². The number of aliphatic carboxylic acids is 1. The van der Waals surface area contributed by atoms with Crippen LogP contribution in [0.4, 0.5) is 0 Å². The maximum absolute atomic E-state index is 10.6. The Labute approximate surface area is 117 Å². The summed E-state index contributed by atoms with van der Waals surface area (Å²) >= 11 is 1.57. The van der Waals surface area contributed by atoms with Gasteiger partial charge in [0.15, 0.2) is 5.76 Å². The van der Waals surface area contributed by atoms with E-state index < -0.39 is 5.97 Å². The summed E-state index contributed by atoms with van der Waals surface area (Å²) in [4.78, 5) is 11.6. The molecule has 0 saturated heterocycles. The predicted octanol–water partition coefficient (Wildman–Crippen LogP) is 1.67. The van der Waals surface area contributed by atoms with Crippen LogP contribution in [0.15, 0.2) is 34.3 Å². The average Bonchev–Trinajstić information content (AvgIpc) is 3.09. The number of carboxylic acid groups (broad SMARTS) is 1. The smallest absolute Gasteiger partial charge is 0.309 e. The molecule has 0 aromatic carbocycles. The molecule has 0 fully saturated rings. The van der Waals surface area contributed by atoms with Gasteiger partial charge in [-0.15, -0.1) is 16.4 Å². The maximum atomic E-state index is 10.6. The first-order valence-corrected chi connectivity index (χ1v) is 6.69. The van der Waals surface area contributed by atoms with Gasteiger partial charge in [0.25, 0.3) is 0 Å². The molecule has 0 radical (unpaired) electrons. The highest BCUT2D eigenvalue weighted by molar-refractivity contribution is 7.13. The Morgan fingerprint density at radius 2 is 2.35 bits per heavy atom. The molecule has 0 unspecified atom stereocenters. The maximum Gasteiger partial charge on any atom is 0.309 e. The van der Waals surface area contributed by atoms with Gasteiger partial charge in [0.05, 0.1) is 23.5 Å². The van der Waals surface area contributed by atoms with Crippen molar-refractivity contribution in [3.63, 3.8) is 0 Å². The van der Waals surface area contributed by atoms with E-state index in [1.54, 1.807) is 17.5 Å². The van der Waals surface area contributed by atoms with Crippen LogP contribution in [0.5, 0.6) is 0 Å². The van der Waals surface area contributed by atoms with Crippen LogP contribution in [0.1, 0.15) is 11.4 Å². The fraction of sp³-hybridized carbons (Fsp3) is 0.167. The first-order valence-electron chi connectivity index (χ1n) is 5.81. The highest BCUT2D eigenvalue weighted by atomic mass is 32.1. The molecule has 0 aliphatic carbocycles. The molecule has 1 N–H and O–H groups in total. The second-order valence-corrected chi connectivity index (χ2v) is 5.09. The lowest BCUT2D eigenvalue weighted by atomic mass is 10.3. The van der Waals surface area contributed by atoms with E-state index in [1.807, 2.05) is 23.6 Å². The summed E-state index contributed by atoms with van der Waals surface area (Å²) in [5.74, 6) is -0.223. The average molecular weight is 290 g/mol. The van der Waals surface area contributed by atoms with E-state index in [4.69, 9.17) is 9.63 Å². The van der Waals surface area contributed by atoms with E-state index in [-0.39, 0.29) is 6.42 Å². The lowest BCUT2D eigenvalue weighted by Crippen LogP contribution is -2.01. The van der Waals surface area contributed by atoms with E-state index >= 15 is 0 Å². The molecule has 8 heteroatoms. The lowest BCUT2D eigenvalue weighted by Gasteiger charge is -1.93. The van der Waals surface area contributed by atoms with Crippen molar-refractivity contribution < 1.29 is 14.4 Å². The molecular formula is C12H10N4O3S. The van der Waals surface area contributed by atoms with Gasteiger partial charge in [-0.3, -0.25) is 4.79 Å². The minimum atomic E-state index is -0.932. The fourth-order valence-corrected chi connectivity index (χ4v) is 2.41. The first kappa shape index (κ1) is 12.5. The van der Waals surface area contributed by atoms with Crippen LogP contribution >= 0.6 is 11.3 Å². The number of thiophene rings is 1. The SMILES string of the molecule is O=C(O)Cc1cn(Cc2cc(-c3cccs3)on2)nn1. The molecule has 3 aromatic heterocycles. The highest BCUT2D eigenvalue weighted by Gasteiger charge is 2.10. The second kappa shape index (κ2) is 5.25. The molecule has 7 nitrogen and oxygen atoms in total. The molecule has 3 heterocycles. The van der Waals surface area contributed by atoms with E-state index in [9.17, 15) is 4.79 Å². The van der Waals surface area contributed by atoms with Crippen molar-refractivity contribution in [3.05, 3.63) is 41.2 Å². The van der Waals surface area contributed by atoms with Crippen LogP contribution < -0.4 is 0 Å². The van der Waals surface area contributed by atoms with E-state index in [0.717, 1.165) is 4.88 Å². The monoisotopic (exact) mass is 290 g/mol. The number of hydrogen-bond acceptors (Lipinski definition) is 6. The van der Waals surface area contributed by atoms with Gasteiger partial charge in [-0.25, -0.2) is 4.68 Å². The zero-order chi connectivity index (χ0) is 13.9. The predicted molar refractivity (Wildman–Crippen MR) is 70.3 cm³/mol. The Bertz CT molecular complexity index is 717. The van der Waals surface area contributed by atoms with Crippen LogP contribution in [0, 0.1) is 0 Å². The quantitative estimate of drug-likeness (QED) is 0.768. The van der Waals surface area contributed by atoms with Gasteiger partial charge in [0.1, 0.15) is 5.69 Å². The van der Waals surface area contributed by atoms with Crippen molar-refractivity contribution in [1.82, 2.24) is 20.2 Å². The number of hydrogen-bond donors (Lipinski definition) is 1. The molecule has 0 atom stereocenters. The number of carboxylic acids is 1. The largest absolute Gasteiger partial charge is 0.481 e. The Kier molecular flexibility index (Phi) is 3.30. The minimum absolute atomic E-state index is 0.140. The number of aromatic nitrogens is 4. The molecule has 0 aliphatic rings. The summed E-state index contributed by atoms with van der Waals surface area (Å²) < 4.78 is 6.79. The normalized spacial score (nSPS) is 10.8. The van der Waals surface area contributed by atoms with Gasteiger partial charge in [-0.05, 0) is 11.4 Å². The molecule has 0 amide bonds. The van der Waals surface area contributed by atoms with Gasteiger partial charge in [-0.2, -0.15) is 0 Å². The Hall–Kier alpha value is -2.48. The van der Waals surface area contributed by atoms with E-state index in [0.29, 0.717) is 23.7 Å². The van der Waals surface area contributed by atoms with E-state index in [2.05, 4.69) is 15.5 Å². The summed E-state index contributed by atoms with van der Waals surface area (Å²) in [5.41, 5.74) is 1.12. The third-order valence-corrected chi connectivity index (χ3v) is 3.45. The van der Waals surface area contributed by atoms with Gasteiger partial charge in [0, 0.05) is 12.3 Å². The molecular weight excluding hydrogens is 280 g/mol. The Morgan fingerprint density at radius 3 is 3.10 bits per heavy atom. The van der Waals surface area contributed by atoms with Crippen molar-refractivity contribution in [3.8, 4) is 10.6 Å². The summed E-state index contributed by atoms with van der Waals surface area (Å²) in [7, 11) is 0. The molecule has 102 valence electrons. The van der Waals surface area contributed by atoms with Crippen molar-refractivity contribution in [2.45, 2.75) is 13.0 Å². The van der Waals surface area contributed by atoms with Crippen molar-refractivity contribution >= 4 is 17.3 Å². The van der Waals surface area contributed by atoms with Gasteiger partial charge in [-0.1, -0.05) is 16.4 Å². The molecule has 0 spiro atoms. The first-order chi connectivity index (χ1) is 9.70. The van der Waals surface area contributed by atoms with Crippen molar-refractivity contribution in [1.29, 1.82) is 0 Å². The molecule has 3 aromatic rings. The van der Waals surface area contributed by atoms with Crippen LogP contribution in [0.2, 0.25) is 0 Å². The van der Waals surface area contributed by atoms with Crippen LogP contribution in [0.3, 0.4) is 0 Å². The zero-order valence-corrected chi connectivity index (χ0v) is 11.1. The summed E-state index contributed by atoms with van der Waals surface area (Å²) in [6.45, 7) is 0.390. The fourth-order valence-electron chi connectivity index (χ4n) is 1.74. The Morgan fingerprint density at radius 1 is 1.45 bits per heavy atom. The van der Waals surface area contributed by atoms with Gasteiger partial charge in [0.2, 0.25) is 0 Å². The van der Waals surface area contributed by atoms with Crippen LogP contribution in [-0.4, -0.2) is 31.2 Å². The molecule has 0 saturated carbocycles. The van der Waals surface area contributed by atoms with Crippen molar-refractivity contribution in [2.24, 2.45) is 0 Å². The van der Waals surface area contributed by atoms with Crippen LogP contribution in [-0.2, 0) is 17.8 Å². The topological polar surface area (TPSA) is 94.0 Å². The molecule has 0 bridgehead atoms. The Balaban J connectivity index is 1.72. The number of nitrogens with zero attached hydrogens (tertiary/aromatic N) is 4. The van der Waals surface area contributed by atoms with Crippen molar-refractivity contribution in [2.75, 3.05) is 0 Å². The third kappa shape index (κ3) is 2.75.